The Balaban J connectivity index is 2.38. The summed E-state index contributed by atoms with van der Waals surface area (Å²) in [6, 6.07) is 11.3. The van der Waals surface area contributed by atoms with Gasteiger partial charge < -0.3 is 9.90 Å². The molecule has 2 rings (SSSR count). The zero-order valence-electron chi connectivity index (χ0n) is 11.5. The molecule has 0 saturated carbocycles. The van der Waals surface area contributed by atoms with E-state index in [1.165, 1.54) is 42.5 Å². The number of carboxylic acids is 1. The van der Waals surface area contributed by atoms with Gasteiger partial charge in [-0.15, -0.1) is 0 Å². The maximum absolute atomic E-state index is 12.3. The van der Waals surface area contributed by atoms with E-state index in [9.17, 15) is 18.3 Å². The summed E-state index contributed by atoms with van der Waals surface area (Å²) < 4.78 is 26.9. The van der Waals surface area contributed by atoms with E-state index in [0.717, 1.165) is 0 Å². The minimum absolute atomic E-state index is 0.0234. The first kappa shape index (κ1) is 15.5. The topological polar surface area (TPSA) is 110 Å². The van der Waals surface area contributed by atoms with Gasteiger partial charge in [-0.25, -0.2) is 8.42 Å². The van der Waals surface area contributed by atoms with Crippen molar-refractivity contribution in [2.45, 2.75) is 11.8 Å². The summed E-state index contributed by atoms with van der Waals surface area (Å²) in [6.07, 6.45) is 0. The largest absolute Gasteiger partial charge is 0.545 e. The zero-order valence-corrected chi connectivity index (χ0v) is 12.3. The normalized spacial score (nSPS) is 10.7. The number of hydrogen-bond acceptors (Lipinski definition) is 5. The third kappa shape index (κ3) is 3.24. The first-order valence-electron chi connectivity index (χ1n) is 6.18. The van der Waals surface area contributed by atoms with Crippen molar-refractivity contribution in [1.82, 2.24) is 0 Å². The van der Waals surface area contributed by atoms with Crippen LogP contribution in [-0.2, 0) is 10.0 Å². The molecule has 0 atom stereocenters. The van der Waals surface area contributed by atoms with E-state index in [2.05, 4.69) is 4.72 Å². The van der Waals surface area contributed by atoms with Gasteiger partial charge in [0.25, 0.3) is 10.0 Å². The van der Waals surface area contributed by atoms with E-state index in [-0.39, 0.29) is 16.1 Å². The number of nitrogens with zero attached hydrogens (tertiary/aromatic N) is 1. The van der Waals surface area contributed by atoms with Crippen molar-refractivity contribution in [2.75, 3.05) is 4.72 Å². The van der Waals surface area contributed by atoms with Crippen molar-refractivity contribution < 1.29 is 18.3 Å². The molecular formula is C15H11N2O4S-. The number of aromatic carboxylic acids is 1. The molecule has 0 fully saturated rings. The molecule has 112 valence electrons. The molecule has 0 amide bonds. The Morgan fingerprint density at radius 3 is 2.36 bits per heavy atom. The first-order valence-corrected chi connectivity index (χ1v) is 7.67. The van der Waals surface area contributed by atoms with Gasteiger partial charge in [0.1, 0.15) is 0 Å². The van der Waals surface area contributed by atoms with Crippen LogP contribution in [0.2, 0.25) is 0 Å². The van der Waals surface area contributed by atoms with Gasteiger partial charge >= 0.3 is 0 Å². The zero-order chi connectivity index (χ0) is 16.3. The number of rotatable bonds is 4. The summed E-state index contributed by atoms with van der Waals surface area (Å²) in [7, 11) is -3.88. The highest BCUT2D eigenvalue weighted by atomic mass is 32.2. The monoisotopic (exact) mass is 315 g/mol. The Bertz CT molecular complexity index is 865. The Kier molecular flexibility index (Phi) is 4.15. The van der Waals surface area contributed by atoms with Gasteiger partial charge in [-0.3, -0.25) is 4.72 Å². The molecule has 6 nitrogen and oxygen atoms in total. The molecule has 0 aliphatic rings. The average Bonchev–Trinajstić information content (AvgIpc) is 2.49. The van der Waals surface area contributed by atoms with Crippen molar-refractivity contribution in [3.8, 4) is 6.07 Å². The van der Waals surface area contributed by atoms with Crippen molar-refractivity contribution >= 4 is 21.7 Å². The molecule has 0 aromatic heterocycles. The molecule has 2 aromatic rings. The minimum atomic E-state index is -3.88. The molecule has 0 aliphatic carbocycles. The lowest BCUT2D eigenvalue weighted by molar-refractivity contribution is -0.255. The van der Waals surface area contributed by atoms with Gasteiger partial charge in [-0.1, -0.05) is 12.1 Å². The molecule has 2 aromatic carbocycles. The second-order valence-electron chi connectivity index (χ2n) is 4.56. The van der Waals surface area contributed by atoms with Crippen molar-refractivity contribution in [2.24, 2.45) is 0 Å². The van der Waals surface area contributed by atoms with Crippen LogP contribution in [0.5, 0.6) is 0 Å². The Labute approximate surface area is 127 Å². The molecule has 0 aliphatic heterocycles. The van der Waals surface area contributed by atoms with Crippen LogP contribution in [0.3, 0.4) is 0 Å². The molecule has 0 saturated heterocycles. The van der Waals surface area contributed by atoms with E-state index >= 15 is 0 Å². The van der Waals surface area contributed by atoms with Gasteiger partial charge in [-0.2, -0.15) is 5.26 Å². The van der Waals surface area contributed by atoms with E-state index in [4.69, 9.17) is 5.26 Å². The second kappa shape index (κ2) is 5.87. The van der Waals surface area contributed by atoms with Gasteiger partial charge in [0.05, 0.1) is 28.2 Å². The summed E-state index contributed by atoms with van der Waals surface area (Å²) in [5.41, 5.74) is 0.950. The minimum Gasteiger partial charge on any atom is -0.545 e. The van der Waals surface area contributed by atoms with Crippen LogP contribution in [0.15, 0.2) is 47.4 Å². The molecule has 1 N–H and O–H groups in total. The smallest absolute Gasteiger partial charge is 0.261 e. The second-order valence-corrected chi connectivity index (χ2v) is 6.24. The van der Waals surface area contributed by atoms with Crippen LogP contribution in [0.4, 0.5) is 5.69 Å². The highest BCUT2D eigenvalue weighted by molar-refractivity contribution is 7.92. The quantitative estimate of drug-likeness (QED) is 0.906. The Morgan fingerprint density at radius 2 is 1.82 bits per heavy atom. The third-order valence-electron chi connectivity index (χ3n) is 3.01. The van der Waals surface area contributed by atoms with E-state index in [0.29, 0.717) is 11.1 Å². The van der Waals surface area contributed by atoms with Gasteiger partial charge in [-0.05, 0) is 48.4 Å². The lowest BCUT2D eigenvalue weighted by Crippen LogP contribution is -2.22. The van der Waals surface area contributed by atoms with Crippen LogP contribution in [0.1, 0.15) is 21.5 Å². The number of nitriles is 1. The SMILES string of the molecule is Cc1ccc(C(=O)[O-])cc1NS(=O)(=O)c1ccc(C#N)cc1. The van der Waals surface area contributed by atoms with Gasteiger partial charge in [0, 0.05) is 0 Å². The number of carboxylic acid groups (broad SMARTS) is 1. The maximum Gasteiger partial charge on any atom is 0.261 e. The summed E-state index contributed by atoms with van der Waals surface area (Å²) in [5, 5.41) is 19.6. The van der Waals surface area contributed by atoms with Crippen LogP contribution in [-0.4, -0.2) is 14.4 Å². The van der Waals surface area contributed by atoms with E-state index in [1.807, 2.05) is 6.07 Å². The van der Waals surface area contributed by atoms with Crippen LogP contribution in [0.25, 0.3) is 0 Å². The summed E-state index contributed by atoms with van der Waals surface area (Å²) in [5.74, 6) is -1.39. The van der Waals surface area contributed by atoms with E-state index < -0.39 is 16.0 Å². The molecule has 22 heavy (non-hydrogen) atoms. The van der Waals surface area contributed by atoms with Crippen LogP contribution < -0.4 is 9.83 Å². The van der Waals surface area contributed by atoms with Crippen LogP contribution in [0, 0.1) is 18.3 Å². The lowest BCUT2D eigenvalue weighted by atomic mass is 10.1. The number of benzene rings is 2. The fourth-order valence-corrected chi connectivity index (χ4v) is 2.89. The number of carbonyl (C=O) groups is 1. The Morgan fingerprint density at radius 1 is 1.18 bits per heavy atom. The molecular weight excluding hydrogens is 304 g/mol. The first-order chi connectivity index (χ1) is 10.3. The highest BCUT2D eigenvalue weighted by Crippen LogP contribution is 2.21. The standard InChI is InChI=1S/C15H12N2O4S/c1-10-2-5-12(15(18)19)8-14(10)17-22(20,21)13-6-3-11(9-16)4-7-13/h2-8,17H,1H3,(H,18,19)/p-1. The van der Waals surface area contributed by atoms with Gasteiger partial charge in [0.15, 0.2) is 0 Å². The number of nitrogens with one attached hydrogen (secondary N) is 1. The number of sulfonamides is 1. The molecule has 0 unspecified atom stereocenters. The average molecular weight is 315 g/mol. The van der Waals surface area contributed by atoms with Crippen molar-refractivity contribution in [1.29, 1.82) is 5.26 Å². The fourth-order valence-electron chi connectivity index (χ4n) is 1.77. The summed E-state index contributed by atoms with van der Waals surface area (Å²) in [6.45, 7) is 1.65. The molecule has 0 heterocycles. The maximum atomic E-state index is 12.3. The predicted molar refractivity (Wildman–Crippen MR) is 77.5 cm³/mol. The Hall–Kier alpha value is -2.85. The number of aryl methyl sites for hydroxylation is 1. The highest BCUT2D eigenvalue weighted by Gasteiger charge is 2.15. The van der Waals surface area contributed by atoms with Crippen LogP contribution >= 0.6 is 0 Å². The summed E-state index contributed by atoms with van der Waals surface area (Å²) >= 11 is 0. The fraction of sp³-hybridized carbons (Fsp3) is 0.0667. The molecule has 0 radical (unpaired) electrons. The number of anilines is 1. The molecule has 7 heteroatoms. The predicted octanol–water partition coefficient (Wildman–Crippen LogP) is 1.03. The van der Waals surface area contributed by atoms with E-state index in [1.54, 1.807) is 6.92 Å². The number of hydrogen-bond donors (Lipinski definition) is 1. The summed E-state index contributed by atoms with van der Waals surface area (Å²) in [4.78, 5) is 10.8. The number of carbonyl (C=O) groups excluding carboxylic acids is 1. The third-order valence-corrected chi connectivity index (χ3v) is 4.39. The van der Waals surface area contributed by atoms with Crippen molar-refractivity contribution in [3.05, 3.63) is 59.2 Å². The van der Waals surface area contributed by atoms with Crippen molar-refractivity contribution in [3.63, 3.8) is 0 Å². The van der Waals surface area contributed by atoms with Gasteiger partial charge in [0.2, 0.25) is 0 Å². The molecule has 0 bridgehead atoms. The lowest BCUT2D eigenvalue weighted by Gasteiger charge is -2.12. The molecule has 0 spiro atoms.